The Balaban J connectivity index is 5.16. The SMILES string of the molecule is CC(C)[PH](OCCC#N)(C(C)C)[C@H](O)[C@@H](N)CO. The maximum absolute atomic E-state index is 10.4. The third-order valence-corrected chi connectivity index (χ3v) is 9.12. The molecular formula is C12H27N2O3P. The Morgan fingerprint density at radius 3 is 2.11 bits per heavy atom. The predicted molar refractivity (Wildman–Crippen MR) is 75.8 cm³/mol. The second-order valence-corrected chi connectivity index (χ2v) is 10.1. The van der Waals surface area contributed by atoms with Crippen molar-refractivity contribution in [2.24, 2.45) is 5.73 Å². The summed E-state index contributed by atoms with van der Waals surface area (Å²) in [6, 6.07) is 1.34. The van der Waals surface area contributed by atoms with E-state index in [0.29, 0.717) is 13.0 Å². The Morgan fingerprint density at radius 1 is 1.28 bits per heavy atom. The fourth-order valence-corrected chi connectivity index (χ4v) is 7.24. The first kappa shape index (κ1) is 17.8. The number of nitrogens with zero attached hydrogens (tertiary/aromatic N) is 1. The fraction of sp³-hybridized carbons (Fsp3) is 0.917. The average Bonchev–Trinajstić information content (AvgIpc) is 2.32. The average molecular weight is 278 g/mol. The van der Waals surface area contributed by atoms with Crippen LogP contribution in [0, 0.1) is 11.3 Å². The number of aliphatic hydroxyl groups is 2. The van der Waals surface area contributed by atoms with E-state index < -0.39 is 19.4 Å². The van der Waals surface area contributed by atoms with Crippen LogP contribution in [0.25, 0.3) is 0 Å². The Kier molecular flexibility index (Phi) is 7.93. The minimum absolute atomic E-state index is 0.156. The van der Waals surface area contributed by atoms with Crippen LogP contribution in [-0.4, -0.2) is 46.6 Å². The standard InChI is InChI=1S/C12H27N2O3P/c1-9(2)18(10(3)4,17-7-5-6-13)12(16)11(14)8-15/h9-12,15-16,18H,5,7-8,14H2,1-4H3/t11-,12-/m0/s1. The predicted octanol–water partition coefficient (Wildman–Crippen LogP) is 1.04. The van der Waals surface area contributed by atoms with Crippen molar-refractivity contribution in [1.82, 2.24) is 0 Å². The maximum atomic E-state index is 10.4. The molecule has 2 atom stereocenters. The second-order valence-electron chi connectivity index (χ2n) is 5.21. The van der Waals surface area contributed by atoms with Crippen LogP contribution in [-0.2, 0) is 4.52 Å². The summed E-state index contributed by atoms with van der Waals surface area (Å²) in [5, 5.41) is 28.2. The van der Waals surface area contributed by atoms with Crippen molar-refractivity contribution >= 4 is 7.49 Å². The van der Waals surface area contributed by atoms with Gasteiger partial charge in [-0.15, -0.1) is 0 Å². The molecule has 0 bridgehead atoms. The number of hydrogen-bond acceptors (Lipinski definition) is 5. The van der Waals surface area contributed by atoms with Crippen LogP contribution < -0.4 is 5.73 Å². The first-order valence-electron chi connectivity index (χ1n) is 6.39. The molecule has 0 unspecified atom stereocenters. The Morgan fingerprint density at radius 2 is 1.78 bits per heavy atom. The molecule has 0 aromatic rings. The van der Waals surface area contributed by atoms with Crippen LogP contribution in [0.4, 0.5) is 0 Å². The number of aliphatic hydroxyl groups excluding tert-OH is 2. The van der Waals surface area contributed by atoms with Crippen LogP contribution in [0.2, 0.25) is 0 Å². The van der Waals surface area contributed by atoms with Crippen molar-refractivity contribution in [2.75, 3.05) is 13.2 Å². The van der Waals surface area contributed by atoms with Crippen LogP contribution in [0.1, 0.15) is 34.1 Å². The zero-order chi connectivity index (χ0) is 14.3. The van der Waals surface area contributed by atoms with E-state index in [0.717, 1.165) is 0 Å². The molecule has 5 nitrogen and oxygen atoms in total. The summed E-state index contributed by atoms with van der Waals surface area (Å²) in [6.07, 6.45) is 0.301. The van der Waals surface area contributed by atoms with Gasteiger partial charge < -0.3 is 0 Å². The van der Waals surface area contributed by atoms with Crippen molar-refractivity contribution in [1.29, 1.82) is 5.26 Å². The van der Waals surface area contributed by atoms with Gasteiger partial charge in [-0.1, -0.05) is 0 Å². The molecule has 0 aromatic carbocycles. The van der Waals surface area contributed by atoms with Gasteiger partial charge in [0.1, 0.15) is 0 Å². The van der Waals surface area contributed by atoms with Gasteiger partial charge in [0, 0.05) is 0 Å². The first-order chi connectivity index (χ1) is 8.34. The van der Waals surface area contributed by atoms with Gasteiger partial charge in [0.25, 0.3) is 0 Å². The van der Waals surface area contributed by atoms with E-state index >= 15 is 0 Å². The van der Waals surface area contributed by atoms with Crippen molar-refractivity contribution < 1.29 is 14.7 Å². The summed E-state index contributed by atoms with van der Waals surface area (Å²) >= 11 is 0. The fourth-order valence-electron chi connectivity index (χ4n) is 2.48. The van der Waals surface area contributed by atoms with Gasteiger partial charge in [-0.25, -0.2) is 0 Å². The third kappa shape index (κ3) is 3.88. The van der Waals surface area contributed by atoms with Crippen molar-refractivity contribution in [3.05, 3.63) is 0 Å². The Bertz CT molecular complexity index is 271. The number of nitriles is 1. The van der Waals surface area contributed by atoms with E-state index in [1.165, 1.54) is 0 Å². The van der Waals surface area contributed by atoms with Gasteiger partial charge in [0.2, 0.25) is 0 Å². The van der Waals surface area contributed by atoms with Crippen LogP contribution in [0.5, 0.6) is 0 Å². The summed E-state index contributed by atoms with van der Waals surface area (Å²) in [5.74, 6) is -0.832. The Labute approximate surface area is 110 Å². The van der Waals surface area contributed by atoms with E-state index in [1.54, 1.807) is 0 Å². The molecule has 108 valence electrons. The molecule has 4 N–H and O–H groups in total. The summed E-state index contributed by atoms with van der Waals surface area (Å²) in [6.45, 7) is 8.07. The van der Waals surface area contributed by atoms with Crippen molar-refractivity contribution in [2.45, 2.75) is 57.3 Å². The molecule has 18 heavy (non-hydrogen) atoms. The molecule has 0 amide bonds. The molecule has 0 rings (SSSR count). The third-order valence-electron chi connectivity index (χ3n) is 3.45. The normalized spacial score (nSPS) is 16.7. The van der Waals surface area contributed by atoms with Crippen molar-refractivity contribution in [3.63, 3.8) is 0 Å². The molecule has 0 radical (unpaired) electrons. The first-order valence-corrected chi connectivity index (χ1v) is 8.54. The van der Waals surface area contributed by atoms with Crippen LogP contribution in [0.15, 0.2) is 0 Å². The molecule has 0 aromatic heterocycles. The minimum atomic E-state index is -2.56. The van der Waals surface area contributed by atoms with E-state index in [2.05, 4.69) is 0 Å². The molecule has 0 fully saturated rings. The summed E-state index contributed by atoms with van der Waals surface area (Å²) in [7, 11) is -2.56. The summed E-state index contributed by atoms with van der Waals surface area (Å²) in [4.78, 5) is 0. The van der Waals surface area contributed by atoms with Gasteiger partial charge in [-0.3, -0.25) is 0 Å². The molecule has 6 heteroatoms. The molecule has 0 heterocycles. The molecule has 0 aliphatic heterocycles. The zero-order valence-electron chi connectivity index (χ0n) is 11.8. The molecule has 0 aliphatic rings. The van der Waals surface area contributed by atoms with Gasteiger partial charge in [-0.05, 0) is 0 Å². The van der Waals surface area contributed by atoms with Gasteiger partial charge in [-0.2, -0.15) is 0 Å². The number of rotatable bonds is 8. The van der Waals surface area contributed by atoms with Crippen LogP contribution in [0.3, 0.4) is 0 Å². The van der Waals surface area contributed by atoms with E-state index in [-0.39, 0.29) is 17.9 Å². The second kappa shape index (κ2) is 8.04. The zero-order valence-corrected chi connectivity index (χ0v) is 12.8. The number of hydrogen-bond donors (Lipinski definition) is 3. The topological polar surface area (TPSA) is 99.5 Å². The van der Waals surface area contributed by atoms with Crippen molar-refractivity contribution in [3.8, 4) is 6.07 Å². The van der Waals surface area contributed by atoms with E-state index in [4.69, 9.17) is 20.6 Å². The summed E-state index contributed by atoms with van der Waals surface area (Å²) < 4.78 is 5.95. The van der Waals surface area contributed by atoms with E-state index in [1.807, 2.05) is 33.8 Å². The molecular weight excluding hydrogens is 251 g/mol. The summed E-state index contributed by atoms with van der Waals surface area (Å²) in [5.41, 5.74) is 6.08. The van der Waals surface area contributed by atoms with Gasteiger partial charge in [0.15, 0.2) is 0 Å². The molecule has 0 saturated heterocycles. The van der Waals surface area contributed by atoms with Gasteiger partial charge >= 0.3 is 110 Å². The quantitative estimate of drug-likeness (QED) is 0.455. The Hall–Kier alpha value is -0.240. The molecule has 0 spiro atoms. The van der Waals surface area contributed by atoms with Gasteiger partial charge in [0.05, 0.1) is 0 Å². The number of nitrogens with two attached hydrogens (primary N) is 1. The van der Waals surface area contributed by atoms with E-state index in [9.17, 15) is 5.11 Å². The van der Waals surface area contributed by atoms with Crippen LogP contribution >= 0.6 is 7.49 Å². The molecule has 0 saturated carbocycles. The monoisotopic (exact) mass is 278 g/mol. The molecule has 0 aliphatic carbocycles.